The first kappa shape index (κ1) is 7.11. The largest absolute Gasteiger partial charge is 0.393 e. The third-order valence-corrected chi connectivity index (χ3v) is 4.02. The third kappa shape index (κ3) is 0.928. The molecule has 58 valence electrons. The fourth-order valence-corrected chi connectivity index (χ4v) is 2.96. The van der Waals surface area contributed by atoms with Crippen LogP contribution in [0.15, 0.2) is 0 Å². The lowest BCUT2D eigenvalue weighted by atomic mass is 9.74. The molecule has 2 fully saturated rings. The molecule has 2 aliphatic rings. The second kappa shape index (κ2) is 2.49. The fraction of sp³-hybridized carbons (Fsp3) is 1.00. The maximum Gasteiger partial charge on any atom is 0.0573 e. The number of fused-ring (bicyclic) bond motifs is 1. The van der Waals surface area contributed by atoms with E-state index in [1.54, 1.807) is 0 Å². The van der Waals surface area contributed by atoms with Crippen LogP contribution in [0, 0.1) is 17.8 Å². The summed E-state index contributed by atoms with van der Waals surface area (Å²) in [6.07, 6.45) is 3.74. The second-order valence-corrected chi connectivity index (χ2v) is 4.37. The van der Waals surface area contributed by atoms with Crippen LogP contribution >= 0.6 is 15.9 Å². The summed E-state index contributed by atoms with van der Waals surface area (Å²) in [5.41, 5.74) is 0. The van der Waals surface area contributed by atoms with E-state index in [1.165, 1.54) is 12.8 Å². The molecule has 0 aliphatic heterocycles. The molecule has 2 rings (SSSR count). The van der Waals surface area contributed by atoms with Crippen molar-refractivity contribution < 1.29 is 5.11 Å². The van der Waals surface area contributed by atoms with Crippen molar-refractivity contribution in [3.8, 4) is 0 Å². The highest BCUT2D eigenvalue weighted by Crippen LogP contribution is 2.49. The lowest BCUT2D eigenvalue weighted by molar-refractivity contribution is -0.0146. The van der Waals surface area contributed by atoms with Gasteiger partial charge in [0, 0.05) is 5.33 Å². The maximum absolute atomic E-state index is 9.32. The summed E-state index contributed by atoms with van der Waals surface area (Å²) < 4.78 is 0. The minimum atomic E-state index is 0.0500. The van der Waals surface area contributed by atoms with Crippen molar-refractivity contribution in [1.29, 1.82) is 0 Å². The van der Waals surface area contributed by atoms with Crippen LogP contribution in [0.4, 0.5) is 0 Å². The van der Waals surface area contributed by atoms with E-state index in [4.69, 9.17) is 0 Å². The van der Waals surface area contributed by atoms with Gasteiger partial charge in [0.25, 0.3) is 0 Å². The standard InChI is InChI=1S/C8H13BrO/c9-4-5-1-6-3-8(10)7(6)2-5/h5-8,10H,1-4H2/t5-,6-,7-,8?/m1/s1. The maximum atomic E-state index is 9.32. The van der Waals surface area contributed by atoms with Crippen LogP contribution in [0.25, 0.3) is 0 Å². The zero-order chi connectivity index (χ0) is 7.14. The van der Waals surface area contributed by atoms with E-state index >= 15 is 0 Å². The van der Waals surface area contributed by atoms with E-state index in [2.05, 4.69) is 15.9 Å². The van der Waals surface area contributed by atoms with Crippen LogP contribution in [0.1, 0.15) is 19.3 Å². The van der Waals surface area contributed by atoms with Crippen LogP contribution in [0.2, 0.25) is 0 Å². The molecule has 1 unspecified atom stereocenters. The van der Waals surface area contributed by atoms with Crippen molar-refractivity contribution in [1.82, 2.24) is 0 Å². The molecule has 0 spiro atoms. The molecule has 0 heterocycles. The van der Waals surface area contributed by atoms with Crippen LogP contribution in [-0.2, 0) is 0 Å². The van der Waals surface area contributed by atoms with Gasteiger partial charge in [-0.25, -0.2) is 0 Å². The minimum Gasteiger partial charge on any atom is -0.393 e. The minimum absolute atomic E-state index is 0.0500. The molecule has 0 aromatic heterocycles. The molecule has 0 bridgehead atoms. The molecule has 1 nitrogen and oxygen atoms in total. The molecule has 4 atom stereocenters. The van der Waals surface area contributed by atoms with Crippen molar-refractivity contribution >= 4 is 15.9 Å². The summed E-state index contributed by atoms with van der Waals surface area (Å²) in [6, 6.07) is 0. The Labute approximate surface area is 69.9 Å². The van der Waals surface area contributed by atoms with Crippen LogP contribution in [-0.4, -0.2) is 16.5 Å². The Morgan fingerprint density at radius 3 is 2.60 bits per heavy atom. The number of rotatable bonds is 1. The molecular weight excluding hydrogens is 192 g/mol. The highest BCUT2D eigenvalue weighted by Gasteiger charge is 2.46. The highest BCUT2D eigenvalue weighted by atomic mass is 79.9. The van der Waals surface area contributed by atoms with E-state index in [1.807, 2.05) is 0 Å². The van der Waals surface area contributed by atoms with Gasteiger partial charge in [0.15, 0.2) is 0 Å². The van der Waals surface area contributed by atoms with Gasteiger partial charge in [-0.05, 0) is 37.0 Å². The van der Waals surface area contributed by atoms with Gasteiger partial charge in [0.2, 0.25) is 0 Å². The molecular formula is C8H13BrO. The zero-order valence-electron chi connectivity index (χ0n) is 5.96. The molecule has 0 saturated heterocycles. The Morgan fingerprint density at radius 2 is 2.10 bits per heavy atom. The summed E-state index contributed by atoms with van der Waals surface area (Å²) in [4.78, 5) is 0. The molecule has 1 N–H and O–H groups in total. The molecule has 0 aromatic carbocycles. The van der Waals surface area contributed by atoms with E-state index in [9.17, 15) is 5.11 Å². The monoisotopic (exact) mass is 204 g/mol. The fourth-order valence-electron chi connectivity index (χ4n) is 2.43. The van der Waals surface area contributed by atoms with E-state index in [0.29, 0.717) is 5.92 Å². The predicted octanol–water partition coefficient (Wildman–Crippen LogP) is 1.79. The first-order chi connectivity index (χ1) is 4.81. The molecule has 0 amide bonds. The molecule has 10 heavy (non-hydrogen) atoms. The smallest absolute Gasteiger partial charge is 0.0573 e. The van der Waals surface area contributed by atoms with Gasteiger partial charge in [0.05, 0.1) is 6.10 Å². The van der Waals surface area contributed by atoms with Gasteiger partial charge < -0.3 is 5.11 Å². The Morgan fingerprint density at radius 1 is 1.30 bits per heavy atom. The van der Waals surface area contributed by atoms with E-state index in [-0.39, 0.29) is 6.10 Å². The topological polar surface area (TPSA) is 20.2 Å². The average Bonchev–Trinajstić information content (AvgIpc) is 2.26. The number of halogens is 1. The van der Waals surface area contributed by atoms with Gasteiger partial charge in [-0.2, -0.15) is 0 Å². The number of hydrogen-bond acceptors (Lipinski definition) is 1. The second-order valence-electron chi connectivity index (χ2n) is 3.72. The zero-order valence-corrected chi connectivity index (χ0v) is 7.55. The molecule has 2 heteroatoms. The van der Waals surface area contributed by atoms with Crippen molar-refractivity contribution in [2.24, 2.45) is 17.8 Å². The first-order valence-corrected chi connectivity index (χ1v) is 5.17. The molecule has 0 radical (unpaired) electrons. The Kier molecular flexibility index (Phi) is 1.77. The number of aliphatic hydroxyl groups is 1. The summed E-state index contributed by atoms with van der Waals surface area (Å²) in [7, 11) is 0. The van der Waals surface area contributed by atoms with Crippen molar-refractivity contribution in [2.75, 3.05) is 5.33 Å². The molecule has 0 aromatic rings. The predicted molar refractivity (Wildman–Crippen MR) is 44.1 cm³/mol. The average molecular weight is 205 g/mol. The van der Waals surface area contributed by atoms with Crippen molar-refractivity contribution in [3.05, 3.63) is 0 Å². The quantitative estimate of drug-likeness (QED) is 0.647. The van der Waals surface area contributed by atoms with E-state index < -0.39 is 0 Å². The summed E-state index contributed by atoms with van der Waals surface area (Å²) in [6.45, 7) is 0. The number of alkyl halides is 1. The first-order valence-electron chi connectivity index (χ1n) is 4.05. The summed E-state index contributed by atoms with van der Waals surface area (Å²) in [5.74, 6) is 2.40. The lowest BCUT2D eigenvalue weighted by Crippen LogP contribution is -2.37. The van der Waals surface area contributed by atoms with Gasteiger partial charge >= 0.3 is 0 Å². The lowest BCUT2D eigenvalue weighted by Gasteiger charge is -2.36. The van der Waals surface area contributed by atoms with Crippen molar-refractivity contribution in [3.63, 3.8) is 0 Å². The van der Waals surface area contributed by atoms with Gasteiger partial charge in [-0.1, -0.05) is 15.9 Å². The van der Waals surface area contributed by atoms with Crippen LogP contribution < -0.4 is 0 Å². The molecule has 2 saturated carbocycles. The van der Waals surface area contributed by atoms with Crippen LogP contribution in [0.3, 0.4) is 0 Å². The third-order valence-electron chi connectivity index (χ3n) is 3.10. The van der Waals surface area contributed by atoms with Crippen LogP contribution in [0.5, 0.6) is 0 Å². The Balaban J connectivity index is 1.93. The Bertz CT molecular complexity index is 137. The summed E-state index contributed by atoms with van der Waals surface area (Å²) >= 11 is 3.50. The Hall–Kier alpha value is 0.440. The summed E-state index contributed by atoms with van der Waals surface area (Å²) in [5, 5.41) is 10.4. The highest BCUT2D eigenvalue weighted by molar-refractivity contribution is 9.09. The number of aliphatic hydroxyl groups excluding tert-OH is 1. The van der Waals surface area contributed by atoms with Gasteiger partial charge in [-0.15, -0.1) is 0 Å². The van der Waals surface area contributed by atoms with E-state index in [0.717, 1.165) is 23.6 Å². The molecule has 2 aliphatic carbocycles. The van der Waals surface area contributed by atoms with Crippen molar-refractivity contribution in [2.45, 2.75) is 25.4 Å². The van der Waals surface area contributed by atoms with Gasteiger partial charge in [0.1, 0.15) is 0 Å². The number of hydrogen-bond donors (Lipinski definition) is 1. The SMILES string of the molecule is OC1C[C@H]2C[C@@H](CBr)C[C@@H]12. The van der Waals surface area contributed by atoms with Gasteiger partial charge in [-0.3, -0.25) is 0 Å². The normalized spacial score (nSPS) is 52.2.